The van der Waals surface area contributed by atoms with Crippen molar-refractivity contribution in [3.05, 3.63) is 11.6 Å². The zero-order valence-electron chi connectivity index (χ0n) is 14.7. The lowest BCUT2D eigenvalue weighted by molar-refractivity contribution is -0.116. The molecule has 0 aromatic rings. The van der Waals surface area contributed by atoms with Crippen molar-refractivity contribution in [3.63, 3.8) is 0 Å². The zero-order valence-corrected chi connectivity index (χ0v) is 15.7. The number of ketones is 1. The first-order valence-corrected chi connectivity index (χ1v) is 11.4. The maximum absolute atomic E-state index is 11.8. The van der Waals surface area contributed by atoms with E-state index in [4.69, 9.17) is 4.43 Å². The number of rotatable bonds is 2. The molecule has 2 rings (SSSR count). The van der Waals surface area contributed by atoms with Gasteiger partial charge in [0.05, 0.1) is 6.10 Å². The SMILES string of the molecule is CC(C)(C)[Si](C)(C)O[C@@H]1CCCCC2=CC(=O)CC[C@@]21C. The molecule has 1 saturated carbocycles. The first-order valence-electron chi connectivity index (χ1n) is 8.48. The highest BCUT2D eigenvalue weighted by Crippen LogP contribution is 2.49. The molecule has 0 saturated heterocycles. The minimum atomic E-state index is -1.77. The minimum Gasteiger partial charge on any atom is -0.413 e. The van der Waals surface area contributed by atoms with Gasteiger partial charge in [-0.15, -0.1) is 0 Å². The Balaban J connectivity index is 2.30. The molecular formula is C18H32O2Si. The molecule has 3 heteroatoms. The predicted octanol–water partition coefficient (Wildman–Crippen LogP) is 5.25. The van der Waals surface area contributed by atoms with Crippen molar-refractivity contribution >= 4 is 14.1 Å². The maximum Gasteiger partial charge on any atom is 0.192 e. The average molecular weight is 309 g/mol. The summed E-state index contributed by atoms with van der Waals surface area (Å²) in [7, 11) is -1.77. The summed E-state index contributed by atoms with van der Waals surface area (Å²) in [5.41, 5.74) is 1.44. The lowest BCUT2D eigenvalue weighted by atomic mass is 9.69. The molecule has 1 fully saturated rings. The van der Waals surface area contributed by atoms with Gasteiger partial charge in [-0.1, -0.05) is 39.7 Å². The van der Waals surface area contributed by atoms with Gasteiger partial charge in [-0.2, -0.15) is 0 Å². The molecule has 0 unspecified atom stereocenters. The summed E-state index contributed by atoms with van der Waals surface area (Å²) in [5, 5.41) is 0.240. The molecule has 0 amide bonds. The van der Waals surface area contributed by atoms with E-state index in [1.54, 1.807) is 0 Å². The Labute approximate surface area is 131 Å². The van der Waals surface area contributed by atoms with E-state index in [1.807, 2.05) is 6.08 Å². The van der Waals surface area contributed by atoms with Gasteiger partial charge in [-0.05, 0) is 49.9 Å². The van der Waals surface area contributed by atoms with E-state index < -0.39 is 8.32 Å². The van der Waals surface area contributed by atoms with E-state index in [9.17, 15) is 4.79 Å². The predicted molar refractivity (Wildman–Crippen MR) is 91.0 cm³/mol. The Bertz CT molecular complexity index is 445. The molecule has 0 aromatic heterocycles. The number of carbonyl (C=O) groups is 1. The average Bonchev–Trinajstić information content (AvgIpc) is 2.49. The third kappa shape index (κ3) is 3.34. The molecule has 21 heavy (non-hydrogen) atoms. The molecule has 0 aromatic carbocycles. The van der Waals surface area contributed by atoms with Gasteiger partial charge in [0.25, 0.3) is 0 Å². The molecule has 2 atom stereocenters. The van der Waals surface area contributed by atoms with Gasteiger partial charge < -0.3 is 4.43 Å². The molecule has 0 bridgehead atoms. The quantitative estimate of drug-likeness (QED) is 0.652. The fourth-order valence-electron chi connectivity index (χ4n) is 3.39. The summed E-state index contributed by atoms with van der Waals surface area (Å²) in [4.78, 5) is 11.8. The molecule has 0 heterocycles. The van der Waals surface area contributed by atoms with Crippen LogP contribution in [0.3, 0.4) is 0 Å². The van der Waals surface area contributed by atoms with Crippen LogP contribution in [0.25, 0.3) is 0 Å². The van der Waals surface area contributed by atoms with Gasteiger partial charge in [0.15, 0.2) is 14.1 Å². The van der Waals surface area contributed by atoms with E-state index in [1.165, 1.54) is 18.4 Å². The van der Waals surface area contributed by atoms with Gasteiger partial charge in [0.1, 0.15) is 0 Å². The number of hydrogen-bond acceptors (Lipinski definition) is 2. The van der Waals surface area contributed by atoms with E-state index in [0.29, 0.717) is 18.3 Å². The number of hydrogen-bond donors (Lipinski definition) is 0. The van der Waals surface area contributed by atoms with E-state index in [0.717, 1.165) is 19.3 Å². The summed E-state index contributed by atoms with van der Waals surface area (Å²) < 4.78 is 6.82. The van der Waals surface area contributed by atoms with Crippen molar-refractivity contribution in [2.75, 3.05) is 0 Å². The van der Waals surface area contributed by atoms with Crippen LogP contribution in [0.1, 0.15) is 66.2 Å². The maximum atomic E-state index is 11.8. The van der Waals surface area contributed by atoms with E-state index >= 15 is 0 Å². The third-order valence-electron chi connectivity index (χ3n) is 6.08. The fraction of sp³-hybridized carbons (Fsp3) is 0.833. The summed E-state index contributed by atoms with van der Waals surface area (Å²) in [5.74, 6) is 0.315. The fourth-order valence-corrected chi connectivity index (χ4v) is 4.83. The van der Waals surface area contributed by atoms with Gasteiger partial charge in [-0.3, -0.25) is 4.79 Å². The Hall–Kier alpha value is -0.413. The summed E-state index contributed by atoms with van der Waals surface area (Å²) in [6.45, 7) is 13.9. The molecule has 2 aliphatic rings. The molecule has 2 aliphatic carbocycles. The Morgan fingerprint density at radius 2 is 1.90 bits per heavy atom. The number of fused-ring (bicyclic) bond motifs is 1. The summed E-state index contributed by atoms with van der Waals surface area (Å²) in [6.07, 6.45) is 8.55. The van der Waals surface area contributed by atoms with Gasteiger partial charge in [0.2, 0.25) is 0 Å². The molecule has 2 nitrogen and oxygen atoms in total. The van der Waals surface area contributed by atoms with Crippen LogP contribution in [-0.2, 0) is 9.22 Å². The van der Waals surface area contributed by atoms with Crippen LogP contribution in [-0.4, -0.2) is 20.2 Å². The van der Waals surface area contributed by atoms with Gasteiger partial charge >= 0.3 is 0 Å². The molecular weight excluding hydrogens is 276 g/mol. The Kier molecular flexibility index (Phi) is 4.57. The smallest absolute Gasteiger partial charge is 0.192 e. The highest BCUT2D eigenvalue weighted by atomic mass is 28.4. The van der Waals surface area contributed by atoms with Crippen molar-refractivity contribution in [1.29, 1.82) is 0 Å². The highest BCUT2D eigenvalue weighted by molar-refractivity contribution is 6.74. The van der Waals surface area contributed by atoms with Crippen LogP contribution in [0.4, 0.5) is 0 Å². The van der Waals surface area contributed by atoms with Crippen molar-refractivity contribution < 1.29 is 9.22 Å². The second-order valence-corrected chi connectivity index (χ2v) is 13.4. The van der Waals surface area contributed by atoms with Gasteiger partial charge in [-0.25, -0.2) is 0 Å². The monoisotopic (exact) mass is 308 g/mol. The second kappa shape index (κ2) is 5.66. The van der Waals surface area contributed by atoms with Crippen LogP contribution in [0.5, 0.6) is 0 Å². The van der Waals surface area contributed by atoms with Crippen LogP contribution in [0, 0.1) is 5.41 Å². The summed E-state index contributed by atoms with van der Waals surface area (Å²) in [6, 6.07) is 0. The van der Waals surface area contributed by atoms with Gasteiger partial charge in [0, 0.05) is 11.8 Å². The summed E-state index contributed by atoms with van der Waals surface area (Å²) >= 11 is 0. The van der Waals surface area contributed by atoms with Crippen molar-refractivity contribution in [2.45, 2.75) is 90.5 Å². The van der Waals surface area contributed by atoms with Crippen LogP contribution in [0.2, 0.25) is 18.1 Å². The number of allylic oxidation sites excluding steroid dienone is 1. The standard InChI is InChI=1S/C18H32O2Si/c1-17(2,3)21(5,6)20-16-10-8-7-9-14-13-15(19)11-12-18(14,16)4/h13,16H,7-12H2,1-6H3/t16-,18+/m1/s1. The Morgan fingerprint density at radius 3 is 2.52 bits per heavy atom. The van der Waals surface area contributed by atoms with E-state index in [-0.39, 0.29) is 10.5 Å². The lowest BCUT2D eigenvalue weighted by Crippen LogP contribution is -2.49. The zero-order chi connectivity index (χ0) is 15.9. The molecule has 0 aliphatic heterocycles. The second-order valence-electron chi connectivity index (χ2n) is 8.67. The normalized spacial score (nSPS) is 31.4. The Morgan fingerprint density at radius 1 is 1.24 bits per heavy atom. The topological polar surface area (TPSA) is 26.3 Å². The van der Waals surface area contributed by atoms with Crippen LogP contribution >= 0.6 is 0 Å². The molecule has 0 spiro atoms. The van der Waals surface area contributed by atoms with Crippen LogP contribution < -0.4 is 0 Å². The van der Waals surface area contributed by atoms with Crippen LogP contribution in [0.15, 0.2) is 11.6 Å². The highest BCUT2D eigenvalue weighted by Gasteiger charge is 2.47. The van der Waals surface area contributed by atoms with Crippen molar-refractivity contribution in [1.82, 2.24) is 0 Å². The minimum absolute atomic E-state index is 0.0833. The number of carbonyl (C=O) groups excluding carboxylic acids is 1. The van der Waals surface area contributed by atoms with Crippen molar-refractivity contribution in [3.8, 4) is 0 Å². The molecule has 0 radical (unpaired) electrons. The lowest BCUT2D eigenvalue weighted by Gasteiger charge is -2.47. The van der Waals surface area contributed by atoms with E-state index in [2.05, 4.69) is 40.8 Å². The first-order chi connectivity index (χ1) is 9.56. The molecule has 0 N–H and O–H groups in total. The third-order valence-corrected chi connectivity index (χ3v) is 10.6. The first kappa shape index (κ1) is 16.9. The largest absolute Gasteiger partial charge is 0.413 e. The molecule has 120 valence electrons. The van der Waals surface area contributed by atoms with Crippen molar-refractivity contribution in [2.24, 2.45) is 5.41 Å².